The van der Waals surface area contributed by atoms with E-state index in [0.29, 0.717) is 82.5 Å². The Labute approximate surface area is 686 Å². The van der Waals surface area contributed by atoms with Crippen molar-refractivity contribution in [3.63, 3.8) is 0 Å². The SMILES string of the molecule is CC(C)c1cc(F)cc(C(C)C)c1.CC(C)c1ccc(C(C)C)cc1.CC(C)c1ccc(F)c(C(C)C)c1.CC(C)c1ccc(F)c(C(C)C)c1F.CC(C)c1cccc(C(C)C)c1.CC(C)c1cccc(C(C)C)c1F.CC(C)c1cccc(C(C)C)n1.CC(C)c1ccnc(C(C)C)c1.CC(C)c1csc(C(C)C)n1. The number of aromatic nitrogens is 3. The maximum absolute atomic E-state index is 13.8. The third-order valence-electron chi connectivity index (χ3n) is 19.4. The molecule has 112 heavy (non-hydrogen) atoms. The van der Waals surface area contributed by atoms with Crippen molar-refractivity contribution in [3.8, 4) is 0 Å². The molecule has 0 saturated heterocycles. The fraction of sp³-hybridized carbons (Fsp3) is 0.524. The molecule has 3 nitrogen and oxygen atoms in total. The van der Waals surface area contributed by atoms with Crippen LogP contribution in [-0.4, -0.2) is 15.0 Å². The summed E-state index contributed by atoms with van der Waals surface area (Å²) in [6.07, 6.45) is 1.91. The van der Waals surface area contributed by atoms with Gasteiger partial charge < -0.3 is 0 Å². The van der Waals surface area contributed by atoms with Crippen LogP contribution in [0.5, 0.6) is 0 Å². The maximum atomic E-state index is 13.8. The Morgan fingerprint density at radius 3 is 0.920 bits per heavy atom. The van der Waals surface area contributed by atoms with Crippen LogP contribution in [0.25, 0.3) is 0 Å². The second-order valence-electron chi connectivity index (χ2n) is 35.4. The van der Waals surface area contributed by atoms with E-state index < -0.39 is 5.82 Å². The van der Waals surface area contributed by atoms with Gasteiger partial charge in [-0.3, -0.25) is 9.97 Å². The average Bonchev–Trinajstić information content (AvgIpc) is 1.24. The molecule has 0 N–H and O–H groups in total. The number of halogens is 5. The van der Waals surface area contributed by atoms with Crippen LogP contribution in [0.3, 0.4) is 0 Å². The highest BCUT2D eigenvalue weighted by Gasteiger charge is 2.19. The minimum absolute atomic E-state index is 0.0208. The minimum Gasteiger partial charge on any atom is -0.261 e. The van der Waals surface area contributed by atoms with E-state index in [4.69, 9.17) is 0 Å². The smallest absolute Gasteiger partial charge is 0.133 e. The fourth-order valence-electron chi connectivity index (χ4n) is 11.3. The monoisotopic (exact) mass is 1560 g/mol. The molecule has 0 unspecified atom stereocenters. The molecular formula is C103H152F5N3S. The summed E-state index contributed by atoms with van der Waals surface area (Å²) >= 11 is 1.77. The zero-order valence-electron chi connectivity index (χ0n) is 76.5. The van der Waals surface area contributed by atoms with Crippen LogP contribution in [-0.2, 0) is 0 Å². The number of hydrogen-bond donors (Lipinski definition) is 0. The van der Waals surface area contributed by atoms with Gasteiger partial charge in [-0.1, -0.05) is 346 Å². The van der Waals surface area contributed by atoms with Crippen LogP contribution in [0.1, 0.15) is 456 Å². The molecule has 9 rings (SSSR count). The largest absolute Gasteiger partial charge is 0.261 e. The first-order chi connectivity index (χ1) is 52.1. The number of rotatable bonds is 18. The predicted molar refractivity (Wildman–Crippen MR) is 483 cm³/mol. The zero-order chi connectivity index (χ0) is 85.9. The van der Waals surface area contributed by atoms with Crippen molar-refractivity contribution in [1.82, 2.24) is 15.0 Å². The van der Waals surface area contributed by atoms with Crippen molar-refractivity contribution in [1.29, 1.82) is 0 Å². The van der Waals surface area contributed by atoms with Gasteiger partial charge in [0.2, 0.25) is 0 Å². The van der Waals surface area contributed by atoms with Gasteiger partial charge >= 0.3 is 0 Å². The molecule has 0 amide bonds. The molecule has 0 radical (unpaired) electrons. The van der Waals surface area contributed by atoms with Gasteiger partial charge in [0.05, 0.1) is 10.7 Å². The summed E-state index contributed by atoms with van der Waals surface area (Å²) in [4.78, 5) is 13.4. The van der Waals surface area contributed by atoms with E-state index in [-0.39, 0.29) is 58.4 Å². The Kier molecular flexibility index (Phi) is 47.5. The summed E-state index contributed by atoms with van der Waals surface area (Å²) in [7, 11) is 0. The number of thiazole rings is 1. The lowest BCUT2D eigenvalue weighted by Gasteiger charge is -2.14. The molecular weight excluding hydrogens is 1410 g/mol. The van der Waals surface area contributed by atoms with Crippen LogP contribution >= 0.6 is 11.3 Å². The highest BCUT2D eigenvalue weighted by molar-refractivity contribution is 7.09. The second kappa shape index (κ2) is 51.7. The molecule has 0 aliphatic carbocycles. The van der Waals surface area contributed by atoms with Crippen molar-refractivity contribution >= 4 is 11.3 Å². The first kappa shape index (κ1) is 103. The quantitative estimate of drug-likeness (QED) is 0.0804. The molecule has 0 aliphatic rings. The van der Waals surface area contributed by atoms with Crippen LogP contribution < -0.4 is 0 Å². The lowest BCUT2D eigenvalue weighted by Crippen LogP contribution is -2.03. The van der Waals surface area contributed by atoms with Gasteiger partial charge in [-0.25, -0.2) is 26.9 Å². The van der Waals surface area contributed by atoms with Crippen LogP contribution in [0.15, 0.2) is 157 Å². The van der Waals surface area contributed by atoms with Crippen LogP contribution in [0.4, 0.5) is 22.0 Å². The van der Waals surface area contributed by atoms with Crippen LogP contribution in [0.2, 0.25) is 0 Å². The summed E-state index contributed by atoms with van der Waals surface area (Å²) < 4.78 is 67.3. The molecule has 0 spiro atoms. The zero-order valence-corrected chi connectivity index (χ0v) is 77.4. The van der Waals surface area contributed by atoms with Gasteiger partial charge in [-0.05, 0) is 216 Å². The second-order valence-corrected chi connectivity index (χ2v) is 36.3. The minimum atomic E-state index is -0.443. The van der Waals surface area contributed by atoms with E-state index in [2.05, 4.69) is 285 Å². The van der Waals surface area contributed by atoms with Crippen LogP contribution in [0, 0.1) is 29.1 Å². The average molecular weight is 1560 g/mol. The van der Waals surface area contributed by atoms with E-state index in [1.54, 1.807) is 43.4 Å². The van der Waals surface area contributed by atoms with Crippen molar-refractivity contribution in [2.24, 2.45) is 0 Å². The molecule has 0 aliphatic heterocycles. The standard InChI is InChI=1S/C12H16F2.3C12H17F.2C12H18.2C11H17N.C9H15NS/c1-7(2)9-5-6-10(13)11(8(3)4)12(9)14;1-8(2)10-5-11(9(3)4)7-12(13)6-10;1-8(2)10-5-6-12(13)11(7-10)9(3)4;1-8(2)10-6-5-7-11(9(3)4)12(10)13;1-9(2)11-5-7-12(8-6-11)10(3)4;1-9(2)11-6-5-7-12(8-11)10(3)4;1-8(2)10-5-6-12-11(7-10)9(3)4;1-8(2)10-6-5-7-11(12-10)9(3)4;1-6(2)8-5-11-9(10-8)7(3)4/h5-8H,1-4H3;3*5-9H,1-4H3;2*5-10H,1-4H3;2*5-9H,1-4H3;5-7H,1-4H3. The lowest BCUT2D eigenvalue weighted by atomic mass is 9.94. The summed E-state index contributed by atoms with van der Waals surface area (Å²) in [6, 6.07) is 47.7. The number of benzene rings is 6. The highest BCUT2D eigenvalue weighted by Crippen LogP contribution is 2.32. The summed E-state index contributed by atoms with van der Waals surface area (Å²) in [5.41, 5.74) is 18.6. The first-order valence-corrected chi connectivity index (χ1v) is 42.9. The van der Waals surface area contributed by atoms with Crippen molar-refractivity contribution in [3.05, 3.63) is 286 Å². The maximum Gasteiger partial charge on any atom is 0.133 e. The fourth-order valence-corrected chi connectivity index (χ4v) is 12.3. The lowest BCUT2D eigenvalue weighted by molar-refractivity contribution is 0.527. The molecule has 3 aromatic heterocycles. The van der Waals surface area contributed by atoms with Gasteiger partial charge in [-0.2, -0.15) is 0 Å². The van der Waals surface area contributed by atoms with E-state index in [9.17, 15) is 22.0 Å². The molecule has 6 aromatic carbocycles. The summed E-state index contributed by atoms with van der Waals surface area (Å²) in [6.45, 7) is 76.1. The van der Waals surface area contributed by atoms with Crippen molar-refractivity contribution in [2.75, 3.05) is 0 Å². The van der Waals surface area contributed by atoms with E-state index >= 15 is 0 Å². The van der Waals surface area contributed by atoms with Gasteiger partial charge in [0.25, 0.3) is 0 Å². The van der Waals surface area contributed by atoms with Crippen molar-refractivity contribution < 1.29 is 22.0 Å². The topological polar surface area (TPSA) is 38.7 Å². The number of hydrogen-bond acceptors (Lipinski definition) is 4. The van der Waals surface area contributed by atoms with Gasteiger partial charge in [0.15, 0.2) is 0 Å². The molecule has 0 atom stereocenters. The Balaban J connectivity index is 0.000000630. The molecule has 0 fully saturated rings. The van der Waals surface area contributed by atoms with E-state index in [0.717, 1.165) is 27.8 Å². The third-order valence-corrected chi connectivity index (χ3v) is 20.6. The molecule has 9 heteroatoms. The van der Waals surface area contributed by atoms with Crippen molar-refractivity contribution in [2.45, 2.75) is 356 Å². The third kappa shape index (κ3) is 37.0. The number of pyridine rings is 2. The molecule has 9 aromatic rings. The molecule has 3 heterocycles. The normalized spacial score (nSPS) is 11.3. The first-order valence-electron chi connectivity index (χ1n) is 42.0. The van der Waals surface area contributed by atoms with Gasteiger partial charge in [-0.15, -0.1) is 11.3 Å². The Morgan fingerprint density at radius 1 is 0.232 bits per heavy atom. The summed E-state index contributed by atoms with van der Waals surface area (Å²) in [5.74, 6) is 6.90. The molecule has 0 bridgehead atoms. The van der Waals surface area contributed by atoms with Gasteiger partial charge in [0.1, 0.15) is 29.1 Å². The Bertz CT molecular complexity index is 3750. The van der Waals surface area contributed by atoms with Gasteiger partial charge in [0, 0.05) is 40.1 Å². The highest BCUT2D eigenvalue weighted by atomic mass is 32.1. The van der Waals surface area contributed by atoms with E-state index in [1.807, 2.05) is 91.9 Å². The number of nitrogens with zero attached hydrogens (tertiary/aromatic N) is 3. The summed E-state index contributed by atoms with van der Waals surface area (Å²) in [5, 5.41) is 3.42. The Hall–Kier alpha value is -7.10. The van der Waals surface area contributed by atoms with E-state index in [1.165, 1.54) is 73.3 Å². The molecule has 0 saturated carbocycles. The molecule has 620 valence electrons. The Morgan fingerprint density at radius 2 is 0.571 bits per heavy atom. The predicted octanol–water partition coefficient (Wildman–Crippen LogP) is 34.3.